The number of hydrogen-bond acceptors (Lipinski definition) is 5. The molecule has 36 heavy (non-hydrogen) atoms. The van der Waals surface area contributed by atoms with E-state index < -0.39 is 12.1 Å². The maximum absolute atomic E-state index is 13.0. The van der Waals surface area contributed by atoms with Crippen molar-refractivity contribution in [1.29, 1.82) is 0 Å². The highest BCUT2D eigenvalue weighted by Gasteiger charge is 2.38. The molecule has 0 spiro atoms. The number of alkyl halides is 3. The molecule has 3 heterocycles. The summed E-state index contributed by atoms with van der Waals surface area (Å²) >= 11 is 0. The molecule has 12 heteroatoms. The van der Waals surface area contributed by atoms with Gasteiger partial charge in [0.1, 0.15) is 0 Å². The molecule has 9 nitrogen and oxygen atoms in total. The van der Waals surface area contributed by atoms with E-state index in [1.54, 1.807) is 17.3 Å². The van der Waals surface area contributed by atoms with E-state index >= 15 is 0 Å². The van der Waals surface area contributed by atoms with Crippen molar-refractivity contribution >= 4 is 17.8 Å². The number of carbonyl (C=O) groups is 3. The number of carbonyl (C=O) groups excluding carboxylic acids is 2. The minimum Gasteiger partial charge on any atom is -0.475 e. The Balaban J connectivity index is 0.000000454. The van der Waals surface area contributed by atoms with Crippen molar-refractivity contribution in [3.8, 4) is 0 Å². The predicted molar refractivity (Wildman–Crippen MR) is 122 cm³/mol. The second-order valence-electron chi connectivity index (χ2n) is 8.08. The number of hydrogen-bond donors (Lipinski definition) is 2. The van der Waals surface area contributed by atoms with Gasteiger partial charge in [-0.2, -0.15) is 18.3 Å². The number of aryl methyl sites for hydroxylation is 1. The van der Waals surface area contributed by atoms with Crippen LogP contribution in [0.25, 0.3) is 0 Å². The second-order valence-corrected chi connectivity index (χ2v) is 8.08. The fourth-order valence-electron chi connectivity index (χ4n) is 3.63. The molecule has 3 aromatic rings. The molecule has 2 N–H and O–H groups in total. The molecule has 0 saturated carbocycles. The Bertz CT molecular complexity index is 1210. The molecular weight excluding hydrogens is 479 g/mol. The summed E-state index contributed by atoms with van der Waals surface area (Å²) in [6.45, 7) is 3.28. The molecule has 1 unspecified atom stereocenters. The van der Waals surface area contributed by atoms with Crippen molar-refractivity contribution in [2.45, 2.75) is 38.7 Å². The molecule has 2 amide bonds. The van der Waals surface area contributed by atoms with E-state index in [-0.39, 0.29) is 24.3 Å². The number of rotatable bonds is 5. The molecule has 0 bridgehead atoms. The van der Waals surface area contributed by atoms with Gasteiger partial charge in [0.25, 0.3) is 5.91 Å². The summed E-state index contributed by atoms with van der Waals surface area (Å²) in [6.07, 6.45) is -1.42. The smallest absolute Gasteiger partial charge is 0.475 e. The topological polar surface area (TPSA) is 117 Å². The Labute approximate surface area is 204 Å². The van der Waals surface area contributed by atoms with Crippen LogP contribution < -0.4 is 5.32 Å². The Morgan fingerprint density at radius 3 is 2.50 bits per heavy atom. The molecule has 190 valence electrons. The van der Waals surface area contributed by atoms with Gasteiger partial charge in [0, 0.05) is 24.5 Å². The Kier molecular flexibility index (Phi) is 8.41. The lowest BCUT2D eigenvalue weighted by molar-refractivity contribution is -0.192. The average molecular weight is 503 g/mol. The van der Waals surface area contributed by atoms with E-state index in [9.17, 15) is 22.8 Å². The van der Waals surface area contributed by atoms with Crippen LogP contribution in [0.1, 0.15) is 39.8 Å². The summed E-state index contributed by atoms with van der Waals surface area (Å²) in [6, 6.07) is 14.9. The van der Waals surface area contributed by atoms with Crippen LogP contribution in [0.3, 0.4) is 0 Å². The zero-order chi connectivity index (χ0) is 26.3. The molecule has 0 fully saturated rings. The maximum Gasteiger partial charge on any atom is 0.490 e. The Hall–Kier alpha value is -4.22. The number of fused-ring (bicyclic) bond motifs is 1. The van der Waals surface area contributed by atoms with Gasteiger partial charge in [-0.25, -0.2) is 4.79 Å². The SMILES string of the molecule is Cc1cccc(C(=O)N2Cc3ccnn3C(CC(=O)NCc3ccccn3)C2)c1.O=C(O)C(F)(F)F. The summed E-state index contributed by atoms with van der Waals surface area (Å²) in [5, 5.41) is 14.4. The van der Waals surface area contributed by atoms with Crippen molar-refractivity contribution in [3.05, 3.63) is 83.4 Å². The Morgan fingerprint density at radius 1 is 1.11 bits per heavy atom. The van der Waals surface area contributed by atoms with Gasteiger partial charge in [-0.05, 0) is 37.3 Å². The van der Waals surface area contributed by atoms with Gasteiger partial charge in [-0.3, -0.25) is 19.3 Å². The molecule has 2 aromatic heterocycles. The molecule has 0 radical (unpaired) electrons. The summed E-state index contributed by atoms with van der Waals surface area (Å²) < 4.78 is 33.6. The molecule has 4 rings (SSSR count). The summed E-state index contributed by atoms with van der Waals surface area (Å²) in [5.41, 5.74) is 3.44. The average Bonchev–Trinajstić information content (AvgIpc) is 3.32. The van der Waals surface area contributed by atoms with Gasteiger partial charge in [0.05, 0.1) is 36.9 Å². The van der Waals surface area contributed by atoms with Crippen molar-refractivity contribution < 1.29 is 32.7 Å². The number of halogens is 3. The zero-order valence-electron chi connectivity index (χ0n) is 19.3. The van der Waals surface area contributed by atoms with Crippen LogP contribution in [0, 0.1) is 6.92 Å². The maximum atomic E-state index is 13.0. The first-order valence-corrected chi connectivity index (χ1v) is 10.9. The number of pyridine rings is 1. The number of aromatic nitrogens is 3. The van der Waals surface area contributed by atoms with E-state index in [0.717, 1.165) is 17.0 Å². The van der Waals surface area contributed by atoms with Gasteiger partial charge in [0.2, 0.25) is 5.91 Å². The third kappa shape index (κ3) is 7.14. The van der Waals surface area contributed by atoms with E-state index in [0.29, 0.717) is 25.2 Å². The number of nitrogens with one attached hydrogen (secondary N) is 1. The largest absolute Gasteiger partial charge is 0.490 e. The molecule has 0 aliphatic carbocycles. The van der Waals surface area contributed by atoms with Gasteiger partial charge in [0.15, 0.2) is 0 Å². The van der Waals surface area contributed by atoms with Crippen LogP contribution in [0.2, 0.25) is 0 Å². The quantitative estimate of drug-likeness (QED) is 0.553. The highest BCUT2D eigenvalue weighted by atomic mass is 19.4. The summed E-state index contributed by atoms with van der Waals surface area (Å²) in [5.74, 6) is -2.88. The molecule has 1 aromatic carbocycles. The molecule has 0 saturated heterocycles. The van der Waals surface area contributed by atoms with Crippen LogP contribution in [0.5, 0.6) is 0 Å². The van der Waals surface area contributed by atoms with Crippen molar-refractivity contribution in [2.75, 3.05) is 6.54 Å². The molecule has 1 aliphatic heterocycles. The minimum atomic E-state index is -5.08. The third-order valence-electron chi connectivity index (χ3n) is 5.29. The lowest BCUT2D eigenvalue weighted by Crippen LogP contribution is -2.43. The monoisotopic (exact) mass is 503 g/mol. The number of benzene rings is 1. The predicted octanol–water partition coefficient (Wildman–Crippen LogP) is 3.12. The number of nitrogens with zero attached hydrogens (tertiary/aromatic N) is 4. The van der Waals surface area contributed by atoms with Crippen LogP contribution in [-0.2, 0) is 22.7 Å². The van der Waals surface area contributed by atoms with Crippen LogP contribution >= 0.6 is 0 Å². The number of carboxylic acid groups (broad SMARTS) is 1. The van der Waals surface area contributed by atoms with Gasteiger partial charge >= 0.3 is 12.1 Å². The molecule has 1 aliphatic rings. The van der Waals surface area contributed by atoms with Crippen molar-refractivity contribution in [3.63, 3.8) is 0 Å². The van der Waals surface area contributed by atoms with E-state index in [4.69, 9.17) is 9.90 Å². The van der Waals surface area contributed by atoms with E-state index in [1.165, 1.54) is 0 Å². The first-order chi connectivity index (χ1) is 17.0. The number of aliphatic carboxylic acids is 1. The van der Waals surface area contributed by atoms with Gasteiger partial charge < -0.3 is 15.3 Å². The highest BCUT2D eigenvalue weighted by molar-refractivity contribution is 5.94. The third-order valence-corrected chi connectivity index (χ3v) is 5.29. The zero-order valence-corrected chi connectivity index (χ0v) is 19.3. The van der Waals surface area contributed by atoms with E-state index in [1.807, 2.05) is 60.1 Å². The fraction of sp³-hybridized carbons (Fsp3) is 0.292. The van der Waals surface area contributed by atoms with Gasteiger partial charge in [-0.1, -0.05) is 23.8 Å². The van der Waals surface area contributed by atoms with Crippen LogP contribution in [-0.4, -0.2) is 55.3 Å². The normalized spacial score (nSPS) is 14.8. The molecular formula is C24H24F3N5O4. The highest BCUT2D eigenvalue weighted by Crippen LogP contribution is 2.24. The second kappa shape index (κ2) is 11.5. The van der Waals surface area contributed by atoms with Crippen LogP contribution in [0.4, 0.5) is 13.2 Å². The van der Waals surface area contributed by atoms with Crippen molar-refractivity contribution in [1.82, 2.24) is 25.0 Å². The first kappa shape index (κ1) is 26.4. The summed E-state index contributed by atoms with van der Waals surface area (Å²) in [4.78, 5) is 40.4. The first-order valence-electron chi connectivity index (χ1n) is 10.9. The lowest BCUT2D eigenvalue weighted by Gasteiger charge is -2.33. The minimum absolute atomic E-state index is 0.0277. The standard InChI is InChI=1S/C22H23N5O2.C2HF3O2/c1-16-5-4-6-17(11-16)22(29)26-14-19-8-10-25-27(19)20(15-26)12-21(28)24-13-18-7-2-3-9-23-18;3-2(4,5)1(6)7/h2-11,20H,12-15H2,1H3,(H,24,28);(H,6,7). The number of amides is 2. The van der Waals surface area contributed by atoms with Crippen molar-refractivity contribution in [2.24, 2.45) is 0 Å². The van der Waals surface area contributed by atoms with E-state index in [2.05, 4.69) is 15.4 Å². The van der Waals surface area contributed by atoms with Gasteiger partial charge in [-0.15, -0.1) is 0 Å². The lowest BCUT2D eigenvalue weighted by atomic mass is 10.1. The molecule has 1 atom stereocenters. The summed E-state index contributed by atoms with van der Waals surface area (Å²) in [7, 11) is 0. The Morgan fingerprint density at radius 2 is 1.86 bits per heavy atom. The van der Waals surface area contributed by atoms with Crippen LogP contribution in [0.15, 0.2) is 60.9 Å². The fourth-order valence-corrected chi connectivity index (χ4v) is 3.63. The number of carboxylic acids is 1.